The molecule has 2 aromatic rings. The average Bonchev–Trinajstić information content (AvgIpc) is 2.77. The van der Waals surface area contributed by atoms with Crippen LogP contribution in [0.1, 0.15) is 11.1 Å². The molecule has 0 bridgehead atoms. The van der Waals surface area contributed by atoms with Crippen LogP contribution in [0.5, 0.6) is 0 Å². The first-order valence-electron chi connectivity index (χ1n) is 9.37. The Morgan fingerprint density at radius 2 is 1.73 bits per heavy atom. The van der Waals surface area contributed by atoms with Crippen LogP contribution in [0.25, 0.3) is 0 Å². The normalized spacial score (nSPS) is 11.1. The molecular weight excluding hydrogens is 386 g/mol. The Kier molecular flexibility index (Phi) is 9.08. The molecule has 0 saturated carbocycles. The molecular formula is C22H25N3O5. The molecule has 1 unspecified atom stereocenters. The van der Waals surface area contributed by atoms with Crippen LogP contribution in [0.3, 0.4) is 0 Å². The Morgan fingerprint density at radius 3 is 2.37 bits per heavy atom. The van der Waals surface area contributed by atoms with E-state index in [1.54, 1.807) is 24.3 Å². The Balaban J connectivity index is 1.93. The van der Waals surface area contributed by atoms with Crippen LogP contribution in [0.4, 0.5) is 10.5 Å². The Morgan fingerprint density at radius 1 is 1.03 bits per heavy atom. The number of aliphatic hydroxyl groups is 1. The maximum absolute atomic E-state index is 12.6. The molecule has 0 aliphatic heterocycles. The highest BCUT2D eigenvalue weighted by molar-refractivity contribution is 5.95. The lowest BCUT2D eigenvalue weighted by Gasteiger charge is -2.18. The van der Waals surface area contributed by atoms with E-state index < -0.39 is 23.9 Å². The second-order valence-electron chi connectivity index (χ2n) is 6.39. The monoisotopic (exact) mass is 411 g/mol. The number of aliphatic hydroxyl groups excluding tert-OH is 1. The number of amides is 3. The summed E-state index contributed by atoms with van der Waals surface area (Å²) >= 11 is 0. The highest BCUT2D eigenvalue weighted by Crippen LogP contribution is 2.09. The number of hydrogen-bond acceptors (Lipinski definition) is 5. The summed E-state index contributed by atoms with van der Waals surface area (Å²) in [5.74, 6) is -0.937. The van der Waals surface area contributed by atoms with Crippen LogP contribution in [-0.2, 0) is 27.4 Å². The Bertz CT molecular complexity index is 853. The van der Waals surface area contributed by atoms with E-state index in [2.05, 4.69) is 22.5 Å². The number of hydrogen-bond donors (Lipinski definition) is 4. The molecule has 8 nitrogen and oxygen atoms in total. The van der Waals surface area contributed by atoms with Gasteiger partial charge < -0.3 is 25.8 Å². The van der Waals surface area contributed by atoms with Crippen molar-refractivity contribution < 1.29 is 24.2 Å². The second kappa shape index (κ2) is 12.0. The molecule has 2 rings (SSSR count). The lowest BCUT2D eigenvalue weighted by atomic mass is 10.1. The molecule has 0 fully saturated rings. The number of rotatable bonds is 10. The van der Waals surface area contributed by atoms with Gasteiger partial charge in [-0.15, -0.1) is 0 Å². The lowest BCUT2D eigenvalue weighted by Crippen LogP contribution is -2.49. The Hall–Kier alpha value is -3.65. The first kappa shape index (κ1) is 22.6. The van der Waals surface area contributed by atoms with Gasteiger partial charge in [0.1, 0.15) is 12.6 Å². The number of ether oxygens (including phenoxy) is 1. The summed E-state index contributed by atoms with van der Waals surface area (Å²) in [5.41, 5.74) is 2.10. The van der Waals surface area contributed by atoms with Crippen molar-refractivity contribution in [3.8, 4) is 0 Å². The number of alkyl carbamates (subject to hydrolysis) is 1. The van der Waals surface area contributed by atoms with E-state index in [1.807, 2.05) is 30.3 Å². The van der Waals surface area contributed by atoms with E-state index in [1.165, 1.54) is 6.08 Å². The summed E-state index contributed by atoms with van der Waals surface area (Å²) in [6.07, 6.45) is 0.906. The van der Waals surface area contributed by atoms with E-state index in [0.29, 0.717) is 5.69 Å². The third-order valence-electron chi connectivity index (χ3n) is 4.07. The van der Waals surface area contributed by atoms with Crippen molar-refractivity contribution in [2.24, 2.45) is 0 Å². The van der Waals surface area contributed by atoms with Gasteiger partial charge in [0.25, 0.3) is 0 Å². The van der Waals surface area contributed by atoms with Gasteiger partial charge in [-0.05, 0) is 23.3 Å². The maximum Gasteiger partial charge on any atom is 0.408 e. The first-order valence-corrected chi connectivity index (χ1v) is 9.37. The van der Waals surface area contributed by atoms with Crippen LogP contribution < -0.4 is 16.0 Å². The fourth-order valence-electron chi connectivity index (χ4n) is 2.57. The fourth-order valence-corrected chi connectivity index (χ4v) is 2.57. The van der Waals surface area contributed by atoms with E-state index in [4.69, 9.17) is 9.84 Å². The van der Waals surface area contributed by atoms with Crippen molar-refractivity contribution in [2.75, 3.05) is 18.5 Å². The van der Waals surface area contributed by atoms with Crippen molar-refractivity contribution in [1.29, 1.82) is 0 Å². The van der Waals surface area contributed by atoms with E-state index in [0.717, 1.165) is 11.1 Å². The summed E-state index contributed by atoms with van der Waals surface area (Å²) in [7, 11) is 0. The van der Waals surface area contributed by atoms with Crippen molar-refractivity contribution in [2.45, 2.75) is 19.1 Å². The molecule has 4 N–H and O–H groups in total. The van der Waals surface area contributed by atoms with E-state index >= 15 is 0 Å². The van der Waals surface area contributed by atoms with Crippen LogP contribution in [0, 0.1) is 0 Å². The molecule has 8 heteroatoms. The molecule has 0 aromatic heterocycles. The second-order valence-corrected chi connectivity index (χ2v) is 6.39. The summed E-state index contributed by atoms with van der Waals surface area (Å²) in [6.45, 7) is 3.13. The smallest absolute Gasteiger partial charge is 0.408 e. The minimum absolute atomic E-state index is 0.0169. The highest BCUT2D eigenvalue weighted by Gasteiger charge is 2.22. The highest BCUT2D eigenvalue weighted by atomic mass is 16.5. The molecule has 0 heterocycles. The quantitative estimate of drug-likeness (QED) is 0.445. The number of benzene rings is 2. The SMILES string of the molecule is C=CCOC(=O)NC(Cc1ccccc1)C(=O)NCC(=O)Nc1ccc(CO)cc1. The predicted molar refractivity (Wildman–Crippen MR) is 113 cm³/mol. The summed E-state index contributed by atoms with van der Waals surface area (Å²) in [5, 5.41) is 16.7. The van der Waals surface area contributed by atoms with Gasteiger partial charge in [-0.1, -0.05) is 55.1 Å². The van der Waals surface area contributed by atoms with Gasteiger partial charge in [0.05, 0.1) is 13.2 Å². The molecule has 0 radical (unpaired) electrons. The van der Waals surface area contributed by atoms with E-state index in [9.17, 15) is 14.4 Å². The molecule has 0 spiro atoms. The summed E-state index contributed by atoms with van der Waals surface area (Å²) in [6, 6.07) is 14.9. The summed E-state index contributed by atoms with van der Waals surface area (Å²) < 4.78 is 4.89. The minimum atomic E-state index is -0.915. The van der Waals surface area contributed by atoms with Crippen molar-refractivity contribution in [1.82, 2.24) is 10.6 Å². The van der Waals surface area contributed by atoms with Crippen LogP contribution in [-0.4, -0.2) is 42.2 Å². The summed E-state index contributed by atoms with van der Waals surface area (Å²) in [4.78, 5) is 36.6. The first-order chi connectivity index (χ1) is 14.5. The molecule has 0 aliphatic rings. The molecule has 0 saturated heterocycles. The lowest BCUT2D eigenvalue weighted by molar-refractivity contribution is -0.125. The topological polar surface area (TPSA) is 117 Å². The van der Waals surface area contributed by atoms with E-state index in [-0.39, 0.29) is 26.2 Å². The third-order valence-corrected chi connectivity index (χ3v) is 4.07. The zero-order chi connectivity index (χ0) is 21.8. The van der Waals surface area contributed by atoms with Crippen LogP contribution in [0.2, 0.25) is 0 Å². The molecule has 2 aromatic carbocycles. The minimum Gasteiger partial charge on any atom is -0.445 e. The van der Waals surface area contributed by atoms with Gasteiger partial charge in [-0.2, -0.15) is 0 Å². The molecule has 3 amide bonds. The fraction of sp³-hybridized carbons (Fsp3) is 0.227. The largest absolute Gasteiger partial charge is 0.445 e. The molecule has 158 valence electrons. The van der Waals surface area contributed by atoms with Gasteiger partial charge in [0.2, 0.25) is 11.8 Å². The zero-order valence-corrected chi connectivity index (χ0v) is 16.5. The van der Waals surface area contributed by atoms with Crippen molar-refractivity contribution >= 4 is 23.6 Å². The van der Waals surface area contributed by atoms with Gasteiger partial charge in [-0.3, -0.25) is 9.59 Å². The molecule has 1 atom stereocenters. The van der Waals surface area contributed by atoms with Gasteiger partial charge in [0, 0.05) is 12.1 Å². The number of nitrogens with one attached hydrogen (secondary N) is 3. The van der Waals surface area contributed by atoms with Crippen LogP contribution >= 0.6 is 0 Å². The standard InChI is InChI=1S/C22H25N3O5/c1-2-12-30-22(29)25-19(13-16-6-4-3-5-7-16)21(28)23-14-20(27)24-18-10-8-17(15-26)9-11-18/h2-11,19,26H,1,12-15H2,(H,23,28)(H,24,27)(H,25,29). The average molecular weight is 411 g/mol. The zero-order valence-electron chi connectivity index (χ0n) is 16.5. The van der Waals surface area contributed by atoms with Crippen molar-refractivity contribution in [3.63, 3.8) is 0 Å². The molecule has 30 heavy (non-hydrogen) atoms. The maximum atomic E-state index is 12.6. The Labute approximate surface area is 174 Å². The number of anilines is 1. The van der Waals surface area contributed by atoms with Gasteiger partial charge in [-0.25, -0.2) is 4.79 Å². The molecule has 0 aliphatic carbocycles. The van der Waals surface area contributed by atoms with Gasteiger partial charge in [0.15, 0.2) is 0 Å². The predicted octanol–water partition coefficient (Wildman–Crippen LogP) is 1.76. The van der Waals surface area contributed by atoms with Gasteiger partial charge >= 0.3 is 6.09 Å². The van der Waals surface area contributed by atoms with Crippen molar-refractivity contribution in [3.05, 3.63) is 78.4 Å². The number of carbonyl (C=O) groups is 3. The third kappa shape index (κ3) is 7.76. The van der Waals surface area contributed by atoms with Crippen LogP contribution in [0.15, 0.2) is 67.3 Å². The number of carbonyl (C=O) groups excluding carboxylic acids is 3.